The summed E-state index contributed by atoms with van der Waals surface area (Å²) in [5, 5.41) is 18.1. The van der Waals surface area contributed by atoms with Crippen molar-refractivity contribution in [3.8, 4) is 17.8 Å². The average molecular weight is 361 g/mol. The second kappa shape index (κ2) is 7.61. The first-order valence-corrected chi connectivity index (χ1v) is 8.94. The number of hydrogen-bond donors (Lipinski definition) is 0. The Labute approximate surface area is 164 Å². The first-order valence-electron chi connectivity index (χ1n) is 8.94. The Morgan fingerprint density at radius 3 is 2.25 bits per heavy atom. The fraction of sp³-hybridized carbons (Fsp3) is 0.0417. The van der Waals surface area contributed by atoms with Gasteiger partial charge in [0.2, 0.25) is 5.69 Å². The van der Waals surface area contributed by atoms with Crippen LogP contribution in [0.1, 0.15) is 16.7 Å². The third kappa shape index (κ3) is 3.53. The number of nitrogens with zero attached hydrogens (tertiary/aromatic N) is 4. The molecule has 28 heavy (non-hydrogen) atoms. The van der Waals surface area contributed by atoms with Crippen LogP contribution in [-0.4, -0.2) is 6.54 Å². The maximum absolute atomic E-state index is 9.07. The van der Waals surface area contributed by atoms with E-state index in [-0.39, 0.29) is 0 Å². The third-order valence-electron chi connectivity index (χ3n) is 4.68. The zero-order chi connectivity index (χ0) is 19.3. The van der Waals surface area contributed by atoms with Crippen LogP contribution < -0.4 is 9.47 Å². The molecule has 4 rings (SSSR count). The van der Waals surface area contributed by atoms with Gasteiger partial charge < -0.3 is 4.90 Å². The van der Waals surface area contributed by atoms with Crippen LogP contribution in [0.5, 0.6) is 0 Å². The molecule has 0 unspecified atom stereocenters. The Balaban J connectivity index is 1.51. The first-order chi connectivity index (χ1) is 13.8. The van der Waals surface area contributed by atoms with Crippen molar-refractivity contribution in [2.75, 3.05) is 11.4 Å². The van der Waals surface area contributed by atoms with E-state index in [2.05, 4.69) is 41.3 Å². The van der Waals surface area contributed by atoms with Crippen molar-refractivity contribution < 1.29 is 4.57 Å². The number of pyridine rings is 1. The number of anilines is 1. The van der Waals surface area contributed by atoms with Crippen molar-refractivity contribution in [1.82, 2.24) is 0 Å². The van der Waals surface area contributed by atoms with E-state index >= 15 is 0 Å². The maximum atomic E-state index is 9.07. The van der Waals surface area contributed by atoms with Gasteiger partial charge >= 0.3 is 0 Å². The van der Waals surface area contributed by atoms with Gasteiger partial charge in [0, 0.05) is 42.7 Å². The topological polar surface area (TPSA) is 54.7 Å². The van der Waals surface area contributed by atoms with Crippen molar-refractivity contribution >= 4 is 11.3 Å². The van der Waals surface area contributed by atoms with E-state index in [0.29, 0.717) is 11.1 Å². The van der Waals surface area contributed by atoms with E-state index in [1.54, 1.807) is 6.07 Å². The maximum Gasteiger partial charge on any atom is 0.211 e. The molecule has 4 nitrogen and oxygen atoms in total. The zero-order valence-corrected chi connectivity index (χ0v) is 15.2. The zero-order valence-electron chi connectivity index (χ0n) is 15.2. The fourth-order valence-corrected chi connectivity index (χ4v) is 3.18. The van der Waals surface area contributed by atoms with Crippen LogP contribution in [0.25, 0.3) is 11.3 Å². The SMILES string of the molecule is N#Cc1cccc(N2C=CC(c3cc[n+](-c4cccc(C#N)c4)cc3)=CC2)c1. The molecule has 0 fully saturated rings. The molecular formula is C24H17N4+. The standard InChI is InChI=1S/C24H17N4/c25-17-19-3-1-5-23(15-19)27-11-7-21(8-12-27)22-9-13-28(14-10-22)24-6-2-4-20(16-24)18-26/h1-13,15-16H,14H2/q+1. The summed E-state index contributed by atoms with van der Waals surface area (Å²) < 4.78 is 2.00. The number of aromatic nitrogens is 1. The van der Waals surface area contributed by atoms with Gasteiger partial charge in [-0.05, 0) is 41.5 Å². The van der Waals surface area contributed by atoms with Crippen LogP contribution in [0.15, 0.2) is 91.4 Å². The number of rotatable bonds is 3. The van der Waals surface area contributed by atoms with E-state index in [1.165, 1.54) is 0 Å². The van der Waals surface area contributed by atoms with Crippen LogP contribution in [0.4, 0.5) is 5.69 Å². The summed E-state index contributed by atoms with van der Waals surface area (Å²) in [4.78, 5) is 2.11. The van der Waals surface area contributed by atoms with E-state index in [1.807, 2.05) is 65.6 Å². The van der Waals surface area contributed by atoms with Crippen molar-refractivity contribution in [3.63, 3.8) is 0 Å². The molecule has 1 aliphatic rings. The van der Waals surface area contributed by atoms with Crippen LogP contribution in [0, 0.1) is 22.7 Å². The van der Waals surface area contributed by atoms with Gasteiger partial charge in [-0.2, -0.15) is 15.1 Å². The highest BCUT2D eigenvalue weighted by Crippen LogP contribution is 2.23. The van der Waals surface area contributed by atoms with Crippen LogP contribution in [0.3, 0.4) is 0 Å². The van der Waals surface area contributed by atoms with Gasteiger partial charge in [-0.1, -0.05) is 18.2 Å². The average Bonchev–Trinajstić information content (AvgIpc) is 2.79. The Hall–Kier alpha value is -4.15. The van der Waals surface area contributed by atoms with Gasteiger partial charge in [0.25, 0.3) is 0 Å². The molecule has 0 amide bonds. The number of nitriles is 2. The second-order valence-electron chi connectivity index (χ2n) is 6.45. The third-order valence-corrected chi connectivity index (χ3v) is 4.68. The van der Waals surface area contributed by atoms with Crippen LogP contribution >= 0.6 is 0 Å². The molecule has 0 bridgehead atoms. The molecule has 0 spiro atoms. The Morgan fingerprint density at radius 2 is 1.57 bits per heavy atom. The minimum atomic E-state index is 0.646. The molecule has 2 heterocycles. The molecule has 1 aliphatic heterocycles. The molecule has 0 atom stereocenters. The van der Waals surface area contributed by atoms with E-state index in [9.17, 15) is 0 Å². The largest absolute Gasteiger partial charge is 0.344 e. The van der Waals surface area contributed by atoms with Gasteiger partial charge in [0.05, 0.1) is 23.3 Å². The predicted octanol–water partition coefficient (Wildman–Crippen LogP) is 4.12. The predicted molar refractivity (Wildman–Crippen MR) is 108 cm³/mol. The Kier molecular flexibility index (Phi) is 4.70. The number of allylic oxidation sites excluding steroid dienone is 2. The molecule has 0 radical (unpaired) electrons. The first kappa shape index (κ1) is 17.3. The van der Waals surface area contributed by atoms with Crippen molar-refractivity contribution in [3.05, 3.63) is 108 Å². The summed E-state index contributed by atoms with van der Waals surface area (Å²) in [6.45, 7) is 0.750. The lowest BCUT2D eigenvalue weighted by molar-refractivity contribution is -0.595. The van der Waals surface area contributed by atoms with Gasteiger partial charge in [-0.25, -0.2) is 0 Å². The van der Waals surface area contributed by atoms with Gasteiger partial charge in [0.15, 0.2) is 12.4 Å². The van der Waals surface area contributed by atoms with E-state index in [0.717, 1.165) is 29.1 Å². The Bertz CT molecular complexity index is 1160. The highest BCUT2D eigenvalue weighted by atomic mass is 15.1. The van der Waals surface area contributed by atoms with Crippen LogP contribution in [-0.2, 0) is 0 Å². The number of hydrogen-bond acceptors (Lipinski definition) is 3. The lowest BCUT2D eigenvalue weighted by atomic mass is 10.0. The molecule has 0 saturated carbocycles. The molecule has 132 valence electrons. The van der Waals surface area contributed by atoms with Crippen LogP contribution in [0.2, 0.25) is 0 Å². The van der Waals surface area contributed by atoms with Gasteiger partial charge in [-0.15, -0.1) is 0 Å². The summed E-state index contributed by atoms with van der Waals surface area (Å²) in [6, 6.07) is 23.6. The van der Waals surface area contributed by atoms with Gasteiger partial charge in [-0.3, -0.25) is 0 Å². The van der Waals surface area contributed by atoms with Crippen molar-refractivity contribution in [1.29, 1.82) is 10.5 Å². The minimum Gasteiger partial charge on any atom is -0.344 e. The highest BCUT2D eigenvalue weighted by molar-refractivity contribution is 5.76. The van der Waals surface area contributed by atoms with Crippen molar-refractivity contribution in [2.45, 2.75) is 0 Å². The molecule has 4 heteroatoms. The lowest BCUT2D eigenvalue weighted by Crippen LogP contribution is -2.29. The molecule has 0 saturated heterocycles. The van der Waals surface area contributed by atoms with Gasteiger partial charge in [0.1, 0.15) is 0 Å². The molecule has 0 N–H and O–H groups in total. The molecule has 2 aromatic carbocycles. The smallest absolute Gasteiger partial charge is 0.211 e. The Morgan fingerprint density at radius 1 is 0.857 bits per heavy atom. The lowest BCUT2D eigenvalue weighted by Gasteiger charge is -2.23. The molecular weight excluding hydrogens is 344 g/mol. The minimum absolute atomic E-state index is 0.646. The monoisotopic (exact) mass is 361 g/mol. The quantitative estimate of drug-likeness (QED) is 0.659. The van der Waals surface area contributed by atoms with E-state index in [4.69, 9.17) is 10.5 Å². The summed E-state index contributed by atoms with van der Waals surface area (Å²) in [6.07, 6.45) is 10.3. The fourth-order valence-electron chi connectivity index (χ4n) is 3.18. The second-order valence-corrected chi connectivity index (χ2v) is 6.45. The normalized spacial score (nSPS) is 12.8. The summed E-state index contributed by atoms with van der Waals surface area (Å²) in [5.41, 5.74) is 5.57. The molecule has 0 aliphatic carbocycles. The highest BCUT2D eigenvalue weighted by Gasteiger charge is 2.11. The van der Waals surface area contributed by atoms with Crippen molar-refractivity contribution in [2.24, 2.45) is 0 Å². The summed E-state index contributed by atoms with van der Waals surface area (Å²) >= 11 is 0. The molecule has 1 aromatic heterocycles. The molecule has 3 aromatic rings. The van der Waals surface area contributed by atoms with E-state index < -0.39 is 0 Å². The number of benzene rings is 2. The summed E-state index contributed by atoms with van der Waals surface area (Å²) in [5.74, 6) is 0. The summed E-state index contributed by atoms with van der Waals surface area (Å²) in [7, 11) is 0.